The van der Waals surface area contributed by atoms with E-state index in [2.05, 4.69) is 24.1 Å². The van der Waals surface area contributed by atoms with E-state index in [-0.39, 0.29) is 30.5 Å². The normalized spacial score (nSPS) is 24.8. The zero-order valence-electron chi connectivity index (χ0n) is 11.3. The summed E-state index contributed by atoms with van der Waals surface area (Å²) in [7, 11) is 0. The Hall–Kier alpha value is -0.580. The molecule has 3 atom stereocenters. The van der Waals surface area contributed by atoms with Crippen molar-refractivity contribution in [2.45, 2.75) is 38.8 Å². The van der Waals surface area contributed by atoms with Crippen molar-refractivity contribution in [1.29, 1.82) is 0 Å². The molecule has 1 fully saturated rings. The maximum absolute atomic E-state index is 11.9. The van der Waals surface area contributed by atoms with E-state index in [1.165, 1.54) is 0 Å². The number of carbonyl (C=O) groups is 1. The number of hydrogen-bond acceptors (Lipinski definition) is 3. The lowest BCUT2D eigenvalue weighted by atomic mass is 9.95. The van der Waals surface area contributed by atoms with Crippen molar-refractivity contribution < 1.29 is 9.53 Å². The third kappa shape index (κ3) is 5.85. The van der Waals surface area contributed by atoms with Crippen LogP contribution < -0.4 is 10.6 Å². The summed E-state index contributed by atoms with van der Waals surface area (Å²) < 4.78 is 5.42. The van der Waals surface area contributed by atoms with Crippen molar-refractivity contribution >= 4 is 18.3 Å². The molecule has 1 amide bonds. The van der Waals surface area contributed by atoms with Gasteiger partial charge < -0.3 is 15.4 Å². The van der Waals surface area contributed by atoms with Gasteiger partial charge in [-0.25, -0.2) is 0 Å². The van der Waals surface area contributed by atoms with E-state index in [1.54, 1.807) is 13.0 Å². The molecular formula is C13H25ClN2O2. The standard InChI is InChI=1S/C13H24N2O2.ClH/c1-4-5-8-17-11(3)13(16)15-12-6-7-14-9-10(12)2;/h4,10-12,14H,1,5-9H2,2-3H3,(H,15,16);1H. The highest BCUT2D eigenvalue weighted by Crippen LogP contribution is 2.10. The third-order valence-electron chi connectivity index (χ3n) is 3.17. The van der Waals surface area contributed by atoms with Crippen molar-refractivity contribution in [3.63, 3.8) is 0 Å². The van der Waals surface area contributed by atoms with Gasteiger partial charge in [-0.05, 0) is 38.8 Å². The number of piperidine rings is 1. The first kappa shape index (κ1) is 17.4. The summed E-state index contributed by atoms with van der Waals surface area (Å²) in [5.41, 5.74) is 0. The molecule has 1 aliphatic heterocycles. The summed E-state index contributed by atoms with van der Waals surface area (Å²) in [6.07, 6.45) is 3.18. The Morgan fingerprint density at radius 3 is 3.00 bits per heavy atom. The summed E-state index contributed by atoms with van der Waals surface area (Å²) in [5.74, 6) is 0.473. The van der Waals surface area contributed by atoms with Gasteiger partial charge in [-0.2, -0.15) is 0 Å². The van der Waals surface area contributed by atoms with Gasteiger partial charge in [-0.3, -0.25) is 4.79 Å². The van der Waals surface area contributed by atoms with Crippen molar-refractivity contribution in [2.75, 3.05) is 19.7 Å². The molecule has 2 N–H and O–H groups in total. The van der Waals surface area contributed by atoms with Gasteiger partial charge in [0.25, 0.3) is 0 Å². The molecule has 1 rings (SSSR count). The Kier molecular flexibility index (Phi) is 9.06. The van der Waals surface area contributed by atoms with Gasteiger partial charge in [-0.15, -0.1) is 19.0 Å². The van der Waals surface area contributed by atoms with Crippen LogP contribution in [-0.4, -0.2) is 37.7 Å². The summed E-state index contributed by atoms with van der Waals surface area (Å²) in [4.78, 5) is 11.9. The van der Waals surface area contributed by atoms with Crippen LogP contribution in [0.2, 0.25) is 0 Å². The van der Waals surface area contributed by atoms with Crippen LogP contribution >= 0.6 is 12.4 Å². The highest BCUT2D eigenvalue weighted by molar-refractivity contribution is 5.85. The molecule has 18 heavy (non-hydrogen) atoms. The second kappa shape index (κ2) is 9.36. The maximum atomic E-state index is 11.9. The Morgan fingerprint density at radius 1 is 1.67 bits per heavy atom. The molecule has 0 saturated carbocycles. The van der Waals surface area contributed by atoms with Gasteiger partial charge in [0.15, 0.2) is 0 Å². The van der Waals surface area contributed by atoms with Crippen LogP contribution in [0.15, 0.2) is 12.7 Å². The monoisotopic (exact) mass is 276 g/mol. The van der Waals surface area contributed by atoms with Gasteiger partial charge in [0.1, 0.15) is 6.10 Å². The molecule has 0 spiro atoms. The number of ether oxygens (including phenoxy) is 1. The van der Waals surface area contributed by atoms with Crippen LogP contribution in [0.3, 0.4) is 0 Å². The largest absolute Gasteiger partial charge is 0.368 e. The zero-order valence-corrected chi connectivity index (χ0v) is 12.1. The Morgan fingerprint density at radius 2 is 2.39 bits per heavy atom. The molecule has 1 saturated heterocycles. The fourth-order valence-electron chi connectivity index (χ4n) is 1.93. The fraction of sp³-hybridized carbons (Fsp3) is 0.769. The van der Waals surface area contributed by atoms with Gasteiger partial charge in [0.2, 0.25) is 5.91 Å². The van der Waals surface area contributed by atoms with Crippen LogP contribution in [0.4, 0.5) is 0 Å². The lowest BCUT2D eigenvalue weighted by molar-refractivity contribution is -0.132. The van der Waals surface area contributed by atoms with Crippen molar-refractivity contribution in [2.24, 2.45) is 5.92 Å². The molecular weight excluding hydrogens is 252 g/mol. The minimum atomic E-state index is -0.378. The minimum absolute atomic E-state index is 0. The van der Waals surface area contributed by atoms with Gasteiger partial charge in [0, 0.05) is 6.04 Å². The molecule has 1 heterocycles. The Balaban J connectivity index is 0.00000289. The Labute approximate surface area is 116 Å². The minimum Gasteiger partial charge on any atom is -0.368 e. The molecule has 106 valence electrons. The summed E-state index contributed by atoms with van der Waals surface area (Å²) in [6.45, 7) is 10.1. The SMILES string of the molecule is C=CCCOC(C)C(=O)NC1CCNCC1C.Cl. The fourth-order valence-corrected chi connectivity index (χ4v) is 1.93. The van der Waals surface area contributed by atoms with Crippen molar-refractivity contribution in [1.82, 2.24) is 10.6 Å². The van der Waals surface area contributed by atoms with Crippen LogP contribution in [0.25, 0.3) is 0 Å². The van der Waals surface area contributed by atoms with E-state index in [9.17, 15) is 4.79 Å². The second-order valence-corrected chi connectivity index (χ2v) is 4.68. The lowest BCUT2D eigenvalue weighted by Crippen LogP contribution is -2.50. The molecule has 1 aliphatic rings. The van der Waals surface area contributed by atoms with Gasteiger partial charge in [0.05, 0.1) is 6.61 Å². The second-order valence-electron chi connectivity index (χ2n) is 4.68. The third-order valence-corrected chi connectivity index (χ3v) is 3.17. The van der Waals surface area contributed by atoms with Gasteiger partial charge in [-0.1, -0.05) is 13.0 Å². The number of hydrogen-bond donors (Lipinski definition) is 2. The first-order chi connectivity index (χ1) is 8.15. The summed E-state index contributed by atoms with van der Waals surface area (Å²) in [6, 6.07) is 0.272. The van der Waals surface area contributed by atoms with E-state index >= 15 is 0 Å². The molecule has 4 nitrogen and oxygen atoms in total. The van der Waals surface area contributed by atoms with Crippen LogP contribution in [-0.2, 0) is 9.53 Å². The van der Waals surface area contributed by atoms with E-state index in [0.29, 0.717) is 12.5 Å². The summed E-state index contributed by atoms with van der Waals surface area (Å²) >= 11 is 0. The molecule has 0 aromatic carbocycles. The molecule has 0 radical (unpaired) electrons. The molecule has 5 heteroatoms. The van der Waals surface area contributed by atoms with E-state index in [0.717, 1.165) is 25.9 Å². The smallest absolute Gasteiger partial charge is 0.249 e. The van der Waals surface area contributed by atoms with Crippen molar-refractivity contribution in [3.8, 4) is 0 Å². The molecule has 0 bridgehead atoms. The quantitative estimate of drug-likeness (QED) is 0.571. The molecule has 3 unspecified atom stereocenters. The van der Waals surface area contributed by atoms with E-state index in [4.69, 9.17) is 4.74 Å². The molecule has 0 aromatic rings. The average Bonchev–Trinajstić information content (AvgIpc) is 2.32. The number of rotatable bonds is 6. The first-order valence-electron chi connectivity index (χ1n) is 6.38. The number of amides is 1. The highest BCUT2D eigenvalue weighted by Gasteiger charge is 2.24. The van der Waals surface area contributed by atoms with Crippen LogP contribution in [0.1, 0.15) is 26.7 Å². The lowest BCUT2D eigenvalue weighted by Gasteiger charge is -2.31. The number of nitrogens with one attached hydrogen (secondary N) is 2. The molecule has 0 aliphatic carbocycles. The van der Waals surface area contributed by atoms with Crippen molar-refractivity contribution in [3.05, 3.63) is 12.7 Å². The Bertz CT molecular complexity index is 261. The maximum Gasteiger partial charge on any atom is 0.249 e. The average molecular weight is 277 g/mol. The summed E-state index contributed by atoms with van der Waals surface area (Å²) in [5, 5.41) is 6.38. The molecule has 0 aromatic heterocycles. The van der Waals surface area contributed by atoms with Crippen LogP contribution in [0.5, 0.6) is 0 Å². The number of halogens is 1. The predicted molar refractivity (Wildman–Crippen MR) is 76.1 cm³/mol. The number of carbonyl (C=O) groups excluding carboxylic acids is 1. The first-order valence-corrected chi connectivity index (χ1v) is 6.38. The van der Waals surface area contributed by atoms with Gasteiger partial charge >= 0.3 is 0 Å². The predicted octanol–water partition coefficient (Wildman–Crippen LogP) is 1.50. The van der Waals surface area contributed by atoms with E-state index < -0.39 is 0 Å². The van der Waals surface area contributed by atoms with E-state index in [1.807, 2.05) is 0 Å². The van der Waals surface area contributed by atoms with Crippen LogP contribution in [0, 0.1) is 5.92 Å². The topological polar surface area (TPSA) is 50.4 Å². The zero-order chi connectivity index (χ0) is 12.7. The highest BCUT2D eigenvalue weighted by atomic mass is 35.5.